The van der Waals surface area contributed by atoms with E-state index in [1.54, 1.807) is 37.8 Å². The second kappa shape index (κ2) is 7.31. The van der Waals surface area contributed by atoms with Crippen LogP contribution in [0.25, 0.3) is 0 Å². The minimum atomic E-state index is -1.05. The maximum atomic E-state index is 12.2. The minimum absolute atomic E-state index is 0.00195. The molecule has 1 aromatic rings. The number of carbonyl (C=O) groups excluding carboxylic acids is 2. The lowest BCUT2D eigenvalue weighted by Gasteiger charge is -2.39. The monoisotopic (exact) mass is 354 g/mol. The van der Waals surface area contributed by atoms with Crippen LogP contribution in [0.2, 0.25) is 0 Å². The number of carboxylic acids is 1. The number of nitrogens with zero attached hydrogens (tertiary/aromatic N) is 2. The third kappa shape index (κ3) is 4.78. The van der Waals surface area contributed by atoms with Gasteiger partial charge in [0.25, 0.3) is 0 Å². The van der Waals surface area contributed by atoms with Crippen molar-refractivity contribution < 1.29 is 24.2 Å². The van der Waals surface area contributed by atoms with E-state index in [1.165, 1.54) is 16.2 Å². The fourth-order valence-electron chi connectivity index (χ4n) is 2.44. The summed E-state index contributed by atoms with van der Waals surface area (Å²) in [5.41, 5.74) is -0.637. The van der Waals surface area contributed by atoms with E-state index in [0.717, 1.165) is 0 Å². The fraction of sp³-hybridized carbons (Fsp3) is 0.562. The predicted octanol–water partition coefficient (Wildman–Crippen LogP) is 1.94. The van der Waals surface area contributed by atoms with Crippen LogP contribution in [0.4, 0.5) is 4.79 Å². The third-order valence-electron chi connectivity index (χ3n) is 3.57. The first-order chi connectivity index (χ1) is 11.2. The van der Waals surface area contributed by atoms with Gasteiger partial charge in [-0.2, -0.15) is 0 Å². The topological polar surface area (TPSA) is 87.2 Å². The fourth-order valence-corrected chi connectivity index (χ4v) is 3.09. The Bertz CT molecular complexity index is 608. The number of Topliss-reactive ketones (excluding diaryl/α,β-unsaturated/α-hetero) is 1. The van der Waals surface area contributed by atoms with Crippen LogP contribution in [0, 0.1) is 0 Å². The number of ketones is 1. The van der Waals surface area contributed by atoms with Crippen LogP contribution in [-0.2, 0) is 9.53 Å². The van der Waals surface area contributed by atoms with Crippen molar-refractivity contribution >= 4 is 29.2 Å². The van der Waals surface area contributed by atoms with Crippen LogP contribution in [0.5, 0.6) is 0 Å². The van der Waals surface area contributed by atoms with Gasteiger partial charge in [-0.25, -0.2) is 4.79 Å². The van der Waals surface area contributed by atoms with E-state index in [1.807, 2.05) is 5.38 Å². The maximum Gasteiger partial charge on any atom is 0.410 e. The number of piperazine rings is 1. The first kappa shape index (κ1) is 18.4. The minimum Gasteiger partial charge on any atom is -0.480 e. The quantitative estimate of drug-likeness (QED) is 0.832. The molecule has 2 heterocycles. The first-order valence-electron chi connectivity index (χ1n) is 7.69. The Hall–Kier alpha value is -1.93. The van der Waals surface area contributed by atoms with Crippen molar-refractivity contribution in [3.8, 4) is 0 Å². The number of amides is 1. The lowest BCUT2D eigenvalue weighted by atomic mass is 10.1. The zero-order valence-electron chi connectivity index (χ0n) is 14.0. The van der Waals surface area contributed by atoms with Gasteiger partial charge in [0.1, 0.15) is 11.6 Å². The molecule has 2 rings (SSSR count). The number of hydrogen-bond donors (Lipinski definition) is 1. The molecule has 7 nitrogen and oxygen atoms in total. The summed E-state index contributed by atoms with van der Waals surface area (Å²) in [4.78, 5) is 39.5. The summed E-state index contributed by atoms with van der Waals surface area (Å²) in [6.07, 6.45) is -0.530. The van der Waals surface area contributed by atoms with Crippen molar-refractivity contribution in [2.75, 3.05) is 26.2 Å². The Kier molecular flexibility index (Phi) is 5.61. The highest BCUT2D eigenvalue weighted by atomic mass is 32.1. The second-order valence-corrected chi connectivity index (χ2v) is 7.60. The van der Waals surface area contributed by atoms with E-state index in [9.17, 15) is 19.5 Å². The van der Waals surface area contributed by atoms with Gasteiger partial charge < -0.3 is 14.7 Å². The third-order valence-corrected chi connectivity index (χ3v) is 4.48. The number of aliphatic carboxylic acids is 1. The van der Waals surface area contributed by atoms with Gasteiger partial charge >= 0.3 is 12.1 Å². The normalized spacial score (nSPS) is 19.1. The number of thiophene rings is 1. The molecular weight excluding hydrogens is 332 g/mol. The lowest BCUT2D eigenvalue weighted by Crippen LogP contribution is -2.59. The van der Waals surface area contributed by atoms with Crippen LogP contribution in [-0.4, -0.2) is 70.6 Å². The summed E-state index contributed by atoms with van der Waals surface area (Å²) in [5, 5.41) is 11.3. The molecule has 0 aliphatic carbocycles. The summed E-state index contributed by atoms with van der Waals surface area (Å²) in [6.45, 7) is 5.95. The zero-order valence-corrected chi connectivity index (χ0v) is 14.8. The molecule has 1 atom stereocenters. The molecule has 1 amide bonds. The Morgan fingerprint density at radius 1 is 1.33 bits per heavy atom. The highest BCUT2D eigenvalue weighted by Crippen LogP contribution is 2.17. The van der Waals surface area contributed by atoms with Crippen LogP contribution in [0.3, 0.4) is 0 Å². The molecule has 1 N–H and O–H groups in total. The molecule has 0 unspecified atom stereocenters. The number of rotatable bonds is 4. The van der Waals surface area contributed by atoms with Gasteiger partial charge in [0.15, 0.2) is 5.78 Å². The van der Waals surface area contributed by atoms with E-state index < -0.39 is 23.7 Å². The number of carboxylic acid groups (broad SMARTS) is 1. The smallest absolute Gasteiger partial charge is 0.410 e. The van der Waals surface area contributed by atoms with Crippen LogP contribution in [0.1, 0.15) is 30.4 Å². The van der Waals surface area contributed by atoms with E-state index in [4.69, 9.17) is 4.74 Å². The molecule has 24 heavy (non-hydrogen) atoms. The highest BCUT2D eigenvalue weighted by Gasteiger charge is 2.36. The van der Waals surface area contributed by atoms with Crippen molar-refractivity contribution in [3.05, 3.63) is 22.4 Å². The van der Waals surface area contributed by atoms with Gasteiger partial charge in [-0.15, -0.1) is 11.3 Å². The molecular formula is C16H22N2O5S. The van der Waals surface area contributed by atoms with Crippen LogP contribution in [0.15, 0.2) is 17.5 Å². The van der Waals surface area contributed by atoms with Crippen molar-refractivity contribution in [3.63, 3.8) is 0 Å². The molecule has 1 fully saturated rings. The van der Waals surface area contributed by atoms with Crippen molar-refractivity contribution in [1.82, 2.24) is 9.80 Å². The molecule has 0 bridgehead atoms. The SMILES string of the molecule is CC(C)(C)OC(=O)N1CCN(CC(=O)c2cccs2)[C@H](C(=O)O)C1. The highest BCUT2D eigenvalue weighted by molar-refractivity contribution is 7.12. The first-order valence-corrected chi connectivity index (χ1v) is 8.57. The summed E-state index contributed by atoms with van der Waals surface area (Å²) < 4.78 is 5.29. The van der Waals surface area contributed by atoms with Gasteiger partial charge in [-0.1, -0.05) is 6.07 Å². The van der Waals surface area contributed by atoms with E-state index in [0.29, 0.717) is 18.0 Å². The van der Waals surface area contributed by atoms with E-state index >= 15 is 0 Å². The molecule has 0 spiro atoms. The van der Waals surface area contributed by atoms with E-state index in [2.05, 4.69) is 0 Å². The second-order valence-electron chi connectivity index (χ2n) is 6.65. The Morgan fingerprint density at radius 3 is 2.58 bits per heavy atom. The van der Waals surface area contributed by atoms with Crippen LogP contribution < -0.4 is 0 Å². The molecule has 0 saturated carbocycles. The molecule has 1 saturated heterocycles. The van der Waals surface area contributed by atoms with Gasteiger partial charge in [0.05, 0.1) is 18.0 Å². The predicted molar refractivity (Wildman–Crippen MR) is 89.5 cm³/mol. The number of carbonyl (C=O) groups is 3. The molecule has 0 aromatic carbocycles. The maximum absolute atomic E-state index is 12.2. The van der Waals surface area contributed by atoms with Crippen molar-refractivity contribution in [2.24, 2.45) is 0 Å². The number of ether oxygens (including phenoxy) is 1. The van der Waals surface area contributed by atoms with Gasteiger partial charge in [-0.05, 0) is 32.2 Å². The summed E-state index contributed by atoms with van der Waals surface area (Å²) >= 11 is 1.33. The molecule has 1 aliphatic heterocycles. The van der Waals surface area contributed by atoms with Crippen molar-refractivity contribution in [2.45, 2.75) is 32.4 Å². The molecule has 1 aromatic heterocycles. The summed E-state index contributed by atoms with van der Waals surface area (Å²) in [5.74, 6) is -1.16. The Morgan fingerprint density at radius 2 is 2.04 bits per heavy atom. The van der Waals surface area contributed by atoms with Gasteiger partial charge in [0.2, 0.25) is 0 Å². The van der Waals surface area contributed by atoms with Crippen LogP contribution >= 0.6 is 11.3 Å². The molecule has 1 aliphatic rings. The lowest BCUT2D eigenvalue weighted by molar-refractivity contribution is -0.145. The summed E-state index contributed by atoms with van der Waals surface area (Å²) in [7, 11) is 0. The van der Waals surface area contributed by atoms with E-state index in [-0.39, 0.29) is 18.9 Å². The average Bonchev–Trinajstić information content (AvgIpc) is 2.99. The average molecular weight is 354 g/mol. The summed E-state index contributed by atoms with van der Waals surface area (Å²) in [6, 6.07) is 2.59. The number of hydrogen-bond acceptors (Lipinski definition) is 6. The molecule has 0 radical (unpaired) electrons. The standard InChI is InChI=1S/C16H22N2O5S/c1-16(2,3)23-15(22)18-7-6-17(11(9-18)14(20)21)10-12(19)13-5-4-8-24-13/h4-5,8,11H,6-7,9-10H2,1-3H3,(H,20,21)/t11-/m0/s1. The zero-order chi connectivity index (χ0) is 17.9. The largest absolute Gasteiger partial charge is 0.480 e. The molecule has 8 heteroatoms. The van der Waals surface area contributed by atoms with Gasteiger partial charge in [0, 0.05) is 13.1 Å². The molecule has 132 valence electrons. The Labute approximate surface area is 144 Å². The van der Waals surface area contributed by atoms with Crippen molar-refractivity contribution in [1.29, 1.82) is 0 Å². The van der Waals surface area contributed by atoms with Gasteiger partial charge in [-0.3, -0.25) is 14.5 Å². The Balaban J connectivity index is 2.02.